The number of sulfonamides is 1. The number of benzene rings is 2. The van der Waals surface area contributed by atoms with E-state index >= 15 is 0 Å². The molecule has 5 nitrogen and oxygen atoms in total. The summed E-state index contributed by atoms with van der Waals surface area (Å²) < 4.78 is 32.6. The van der Waals surface area contributed by atoms with Crippen LogP contribution in [0.2, 0.25) is 5.02 Å². The van der Waals surface area contributed by atoms with Gasteiger partial charge in [0.1, 0.15) is 6.61 Å². The van der Waals surface area contributed by atoms with E-state index in [1.54, 1.807) is 42.1 Å². The third-order valence-electron chi connectivity index (χ3n) is 4.21. The zero-order chi connectivity index (χ0) is 19.3. The molecule has 0 aliphatic carbocycles. The van der Waals surface area contributed by atoms with Gasteiger partial charge in [0.05, 0.1) is 11.5 Å². The van der Waals surface area contributed by atoms with E-state index in [0.717, 1.165) is 11.5 Å². The predicted octanol–water partition coefficient (Wildman–Crippen LogP) is 3.48. The van der Waals surface area contributed by atoms with Gasteiger partial charge in [-0.15, -0.1) is 0 Å². The molecule has 1 aliphatic heterocycles. The van der Waals surface area contributed by atoms with Gasteiger partial charge in [0.2, 0.25) is 10.0 Å². The van der Waals surface area contributed by atoms with Crippen molar-refractivity contribution in [2.45, 2.75) is 11.5 Å². The van der Waals surface area contributed by atoms with Gasteiger partial charge in [-0.2, -0.15) is 16.1 Å². The Hall–Kier alpha value is -1.38. The molecule has 0 atom stereocenters. The average molecular weight is 426 g/mol. The van der Waals surface area contributed by atoms with Crippen LogP contribution in [0, 0.1) is 0 Å². The summed E-state index contributed by atoms with van der Waals surface area (Å²) in [5.74, 6) is 1.45. The molecule has 3 rings (SSSR count). The number of ketones is 1. The van der Waals surface area contributed by atoms with Crippen LogP contribution in [0.15, 0.2) is 53.4 Å². The van der Waals surface area contributed by atoms with Crippen molar-refractivity contribution >= 4 is 39.2 Å². The first-order valence-electron chi connectivity index (χ1n) is 8.51. The number of thioether (sulfide) groups is 1. The van der Waals surface area contributed by atoms with Crippen LogP contribution < -0.4 is 0 Å². The molecular formula is C19H20ClNO4S2. The Kier molecular flexibility index (Phi) is 6.94. The minimum Gasteiger partial charge on any atom is -0.369 e. The van der Waals surface area contributed by atoms with Crippen molar-refractivity contribution in [1.82, 2.24) is 4.31 Å². The second kappa shape index (κ2) is 9.21. The molecule has 0 spiro atoms. The number of carbonyl (C=O) groups is 1. The fourth-order valence-electron chi connectivity index (χ4n) is 2.72. The van der Waals surface area contributed by atoms with E-state index < -0.39 is 10.0 Å². The smallest absolute Gasteiger partial charge is 0.243 e. The topological polar surface area (TPSA) is 63.7 Å². The molecule has 0 unspecified atom stereocenters. The van der Waals surface area contributed by atoms with Gasteiger partial charge in [-0.3, -0.25) is 4.79 Å². The average Bonchev–Trinajstić information content (AvgIpc) is 2.70. The van der Waals surface area contributed by atoms with Crippen molar-refractivity contribution in [3.63, 3.8) is 0 Å². The maximum absolute atomic E-state index is 12.8. The summed E-state index contributed by atoms with van der Waals surface area (Å²) >= 11 is 7.94. The van der Waals surface area contributed by atoms with Crippen molar-refractivity contribution in [3.8, 4) is 0 Å². The fraction of sp³-hybridized carbons (Fsp3) is 0.316. The Labute approximate surface area is 168 Å². The minimum absolute atomic E-state index is 0.0661. The predicted molar refractivity (Wildman–Crippen MR) is 108 cm³/mol. The molecule has 8 heteroatoms. The third kappa shape index (κ3) is 5.12. The summed E-state index contributed by atoms with van der Waals surface area (Å²) in [6.45, 7) is 0.983. The summed E-state index contributed by atoms with van der Waals surface area (Å²) in [5, 5.41) is 0.412. The first-order valence-corrected chi connectivity index (χ1v) is 11.5. The van der Waals surface area contributed by atoms with Gasteiger partial charge in [0, 0.05) is 35.2 Å². The molecule has 0 bridgehead atoms. The number of halogens is 1. The third-order valence-corrected chi connectivity index (χ3v) is 7.42. The summed E-state index contributed by atoms with van der Waals surface area (Å²) in [5.41, 5.74) is 1.12. The molecule has 1 heterocycles. The van der Waals surface area contributed by atoms with Crippen LogP contribution in [-0.2, 0) is 21.4 Å². The van der Waals surface area contributed by atoms with Crippen molar-refractivity contribution < 1.29 is 17.9 Å². The number of hydrogen-bond acceptors (Lipinski definition) is 5. The number of Topliss-reactive ketones (excluding diaryl/α,β-unsaturated/α-hetero) is 1. The molecule has 0 radical (unpaired) electrons. The number of ether oxygens (including phenoxy) is 1. The van der Waals surface area contributed by atoms with Crippen LogP contribution in [0.25, 0.3) is 0 Å². The largest absolute Gasteiger partial charge is 0.369 e. The van der Waals surface area contributed by atoms with E-state index in [9.17, 15) is 13.2 Å². The zero-order valence-electron chi connectivity index (χ0n) is 14.6. The van der Waals surface area contributed by atoms with E-state index in [-0.39, 0.29) is 23.9 Å². The highest BCUT2D eigenvalue weighted by Crippen LogP contribution is 2.25. The monoisotopic (exact) mass is 425 g/mol. The quantitative estimate of drug-likeness (QED) is 0.635. The lowest BCUT2D eigenvalue weighted by atomic mass is 10.1. The molecule has 1 fully saturated rings. The molecule has 0 N–H and O–H groups in total. The Bertz CT molecular complexity index is 897. The van der Waals surface area contributed by atoms with Crippen LogP contribution >= 0.6 is 23.4 Å². The van der Waals surface area contributed by atoms with Crippen molar-refractivity contribution in [2.24, 2.45) is 0 Å². The van der Waals surface area contributed by atoms with E-state index in [2.05, 4.69) is 0 Å². The van der Waals surface area contributed by atoms with Crippen LogP contribution in [0.1, 0.15) is 15.9 Å². The molecule has 1 saturated heterocycles. The molecule has 1 aliphatic rings. The number of carbonyl (C=O) groups excluding carboxylic acids is 1. The lowest BCUT2D eigenvalue weighted by Gasteiger charge is -2.25. The van der Waals surface area contributed by atoms with Gasteiger partial charge in [0.25, 0.3) is 0 Å². The molecule has 2 aromatic carbocycles. The van der Waals surface area contributed by atoms with Crippen LogP contribution in [0.4, 0.5) is 0 Å². The normalized spacial score (nSPS) is 15.6. The van der Waals surface area contributed by atoms with Gasteiger partial charge in [-0.05, 0) is 23.8 Å². The van der Waals surface area contributed by atoms with Gasteiger partial charge < -0.3 is 4.74 Å². The highest BCUT2D eigenvalue weighted by atomic mass is 35.5. The minimum atomic E-state index is -3.55. The summed E-state index contributed by atoms with van der Waals surface area (Å²) in [7, 11) is -3.55. The van der Waals surface area contributed by atoms with E-state index in [1.165, 1.54) is 16.4 Å². The molecule has 27 heavy (non-hydrogen) atoms. The number of hydrogen-bond donors (Lipinski definition) is 0. The first-order chi connectivity index (χ1) is 13.0. The first kappa shape index (κ1) is 20.4. The maximum atomic E-state index is 12.8. The van der Waals surface area contributed by atoms with E-state index in [1.807, 2.05) is 6.07 Å². The molecule has 0 amide bonds. The van der Waals surface area contributed by atoms with Crippen molar-refractivity contribution in [1.29, 1.82) is 0 Å². The standard InChI is InChI=1S/C19H20ClNO4S2/c20-18-7-6-17(27(23,24)21-8-10-26-11-9-21)12-16(18)13-25-14-19(22)15-4-2-1-3-5-15/h1-7,12H,8-11,13-14H2. The second-order valence-corrected chi connectivity index (χ2v) is 9.62. The Balaban J connectivity index is 1.67. The van der Waals surface area contributed by atoms with E-state index in [0.29, 0.717) is 29.2 Å². The van der Waals surface area contributed by atoms with Crippen molar-refractivity contribution in [3.05, 3.63) is 64.7 Å². The summed E-state index contributed by atoms with van der Waals surface area (Å²) in [4.78, 5) is 12.3. The van der Waals surface area contributed by atoms with Gasteiger partial charge in [0.15, 0.2) is 5.78 Å². The fourth-order valence-corrected chi connectivity index (χ4v) is 5.52. The van der Waals surface area contributed by atoms with Gasteiger partial charge in [-0.1, -0.05) is 41.9 Å². The Morgan fingerprint density at radius 1 is 1.11 bits per heavy atom. The highest BCUT2D eigenvalue weighted by molar-refractivity contribution is 7.99. The van der Waals surface area contributed by atoms with Crippen LogP contribution in [0.5, 0.6) is 0 Å². The summed E-state index contributed by atoms with van der Waals surface area (Å²) in [6, 6.07) is 13.5. The lowest BCUT2D eigenvalue weighted by Crippen LogP contribution is -2.37. The Morgan fingerprint density at radius 2 is 1.81 bits per heavy atom. The molecule has 2 aromatic rings. The Morgan fingerprint density at radius 3 is 2.52 bits per heavy atom. The number of nitrogens with zero attached hydrogens (tertiary/aromatic N) is 1. The van der Waals surface area contributed by atoms with Gasteiger partial charge >= 0.3 is 0 Å². The lowest BCUT2D eigenvalue weighted by molar-refractivity contribution is 0.0726. The number of rotatable bonds is 7. The highest BCUT2D eigenvalue weighted by Gasteiger charge is 2.26. The van der Waals surface area contributed by atoms with Crippen LogP contribution in [-0.4, -0.2) is 49.7 Å². The SMILES string of the molecule is O=C(COCc1cc(S(=O)(=O)N2CCSCC2)ccc1Cl)c1ccccc1. The zero-order valence-corrected chi connectivity index (χ0v) is 17.0. The van der Waals surface area contributed by atoms with Crippen molar-refractivity contribution in [2.75, 3.05) is 31.2 Å². The second-order valence-electron chi connectivity index (χ2n) is 6.05. The van der Waals surface area contributed by atoms with E-state index in [4.69, 9.17) is 16.3 Å². The molecule has 0 aromatic heterocycles. The molecular weight excluding hydrogens is 406 g/mol. The summed E-state index contributed by atoms with van der Waals surface area (Å²) in [6.07, 6.45) is 0. The molecule has 144 valence electrons. The molecule has 0 saturated carbocycles. The maximum Gasteiger partial charge on any atom is 0.243 e. The van der Waals surface area contributed by atoms with Crippen LogP contribution in [0.3, 0.4) is 0 Å². The van der Waals surface area contributed by atoms with Gasteiger partial charge in [-0.25, -0.2) is 8.42 Å².